The first kappa shape index (κ1) is 9.05. The molecule has 0 heterocycles. The van der Waals surface area contributed by atoms with Crippen LogP contribution in [-0.4, -0.2) is 13.1 Å². The van der Waals surface area contributed by atoms with Crippen molar-refractivity contribution >= 4 is 0 Å². The fourth-order valence-corrected chi connectivity index (χ4v) is 2.08. The van der Waals surface area contributed by atoms with Crippen LogP contribution in [-0.2, 0) is 0 Å². The maximum Gasteiger partial charge on any atom is -0.00205 e. The van der Waals surface area contributed by atoms with Gasteiger partial charge in [-0.25, -0.2) is 0 Å². The summed E-state index contributed by atoms with van der Waals surface area (Å²) in [6.45, 7) is 6.90. The van der Waals surface area contributed by atoms with Crippen LogP contribution in [0.5, 0.6) is 0 Å². The Balaban J connectivity index is 2.09. The summed E-state index contributed by atoms with van der Waals surface area (Å²) in [6.07, 6.45) is 5.81. The molecule has 1 fully saturated rings. The predicted molar refractivity (Wildman–Crippen MR) is 49.7 cm³/mol. The van der Waals surface area contributed by atoms with Crippen LogP contribution in [0.3, 0.4) is 0 Å². The third-order valence-corrected chi connectivity index (χ3v) is 2.91. The van der Waals surface area contributed by atoms with E-state index in [-0.39, 0.29) is 0 Å². The standard InChI is InChI=1S/C10H21N/c1-3-9-5-6-10(7-9)8-11-4-2/h9-11H,3-8H2,1-2H3. The van der Waals surface area contributed by atoms with Gasteiger partial charge < -0.3 is 5.32 Å². The Hall–Kier alpha value is -0.0400. The molecular weight excluding hydrogens is 134 g/mol. The molecule has 1 heteroatoms. The monoisotopic (exact) mass is 155 g/mol. The molecule has 0 aliphatic heterocycles. The molecule has 0 spiro atoms. The maximum absolute atomic E-state index is 3.43. The van der Waals surface area contributed by atoms with Crippen LogP contribution in [0.2, 0.25) is 0 Å². The lowest BCUT2D eigenvalue weighted by Gasteiger charge is -2.09. The molecule has 0 aromatic rings. The molecule has 1 aliphatic rings. The summed E-state index contributed by atoms with van der Waals surface area (Å²) in [5, 5.41) is 3.43. The van der Waals surface area contributed by atoms with Crippen LogP contribution in [0.4, 0.5) is 0 Å². The molecule has 0 radical (unpaired) electrons. The summed E-state index contributed by atoms with van der Waals surface area (Å²) in [6, 6.07) is 0. The Bertz CT molecular complexity index is 101. The summed E-state index contributed by atoms with van der Waals surface area (Å²) in [5.74, 6) is 2.03. The highest BCUT2D eigenvalue weighted by atomic mass is 14.8. The van der Waals surface area contributed by atoms with Crippen LogP contribution in [0.25, 0.3) is 0 Å². The van der Waals surface area contributed by atoms with Crippen molar-refractivity contribution in [1.29, 1.82) is 0 Å². The van der Waals surface area contributed by atoms with Crippen molar-refractivity contribution in [3.05, 3.63) is 0 Å². The van der Waals surface area contributed by atoms with Gasteiger partial charge >= 0.3 is 0 Å². The molecule has 66 valence electrons. The number of hydrogen-bond donors (Lipinski definition) is 1. The lowest BCUT2D eigenvalue weighted by atomic mass is 10.0. The summed E-state index contributed by atoms with van der Waals surface area (Å²) in [5.41, 5.74) is 0. The zero-order chi connectivity index (χ0) is 8.10. The van der Waals surface area contributed by atoms with E-state index in [1.807, 2.05) is 0 Å². The zero-order valence-corrected chi connectivity index (χ0v) is 7.90. The molecule has 0 saturated heterocycles. The highest BCUT2D eigenvalue weighted by Gasteiger charge is 2.22. The van der Waals surface area contributed by atoms with Crippen molar-refractivity contribution in [2.75, 3.05) is 13.1 Å². The minimum absolute atomic E-state index is 0.986. The van der Waals surface area contributed by atoms with Crippen molar-refractivity contribution in [1.82, 2.24) is 5.32 Å². The van der Waals surface area contributed by atoms with Gasteiger partial charge in [-0.1, -0.05) is 26.7 Å². The van der Waals surface area contributed by atoms with Crippen molar-refractivity contribution in [3.63, 3.8) is 0 Å². The van der Waals surface area contributed by atoms with Gasteiger partial charge in [0.1, 0.15) is 0 Å². The first-order valence-corrected chi connectivity index (χ1v) is 5.07. The molecular formula is C10H21N. The van der Waals surface area contributed by atoms with Crippen molar-refractivity contribution in [2.45, 2.75) is 39.5 Å². The van der Waals surface area contributed by atoms with Gasteiger partial charge in [0, 0.05) is 0 Å². The normalized spacial score (nSPS) is 31.1. The van der Waals surface area contributed by atoms with E-state index in [1.165, 1.54) is 32.2 Å². The van der Waals surface area contributed by atoms with Crippen LogP contribution in [0.15, 0.2) is 0 Å². The number of hydrogen-bond acceptors (Lipinski definition) is 1. The molecule has 0 aromatic heterocycles. The minimum Gasteiger partial charge on any atom is -0.317 e. The third-order valence-electron chi connectivity index (χ3n) is 2.91. The molecule has 2 unspecified atom stereocenters. The molecule has 0 aromatic carbocycles. The van der Waals surface area contributed by atoms with Crippen LogP contribution in [0.1, 0.15) is 39.5 Å². The Morgan fingerprint density at radius 3 is 2.45 bits per heavy atom. The van der Waals surface area contributed by atoms with Crippen LogP contribution < -0.4 is 5.32 Å². The van der Waals surface area contributed by atoms with Gasteiger partial charge in [0.25, 0.3) is 0 Å². The van der Waals surface area contributed by atoms with E-state index in [2.05, 4.69) is 19.2 Å². The molecule has 2 atom stereocenters. The van der Waals surface area contributed by atoms with E-state index in [0.717, 1.165) is 18.4 Å². The molecule has 1 nitrogen and oxygen atoms in total. The predicted octanol–water partition coefficient (Wildman–Crippen LogP) is 2.42. The maximum atomic E-state index is 3.43. The SMILES string of the molecule is CCNCC1CCC(CC)C1. The van der Waals surface area contributed by atoms with E-state index in [4.69, 9.17) is 0 Å². The lowest BCUT2D eigenvalue weighted by Crippen LogP contribution is -2.20. The third kappa shape index (κ3) is 2.82. The number of rotatable bonds is 4. The topological polar surface area (TPSA) is 12.0 Å². The van der Waals surface area contributed by atoms with E-state index >= 15 is 0 Å². The molecule has 1 N–H and O–H groups in total. The Morgan fingerprint density at radius 1 is 1.18 bits per heavy atom. The first-order valence-electron chi connectivity index (χ1n) is 5.07. The highest BCUT2D eigenvalue weighted by Crippen LogP contribution is 2.32. The summed E-state index contributed by atoms with van der Waals surface area (Å²) < 4.78 is 0. The first-order chi connectivity index (χ1) is 5.36. The second-order valence-corrected chi connectivity index (χ2v) is 3.76. The quantitative estimate of drug-likeness (QED) is 0.657. The van der Waals surface area contributed by atoms with Gasteiger partial charge in [-0.2, -0.15) is 0 Å². The van der Waals surface area contributed by atoms with Crippen molar-refractivity contribution in [2.24, 2.45) is 11.8 Å². The molecule has 11 heavy (non-hydrogen) atoms. The summed E-state index contributed by atoms with van der Waals surface area (Å²) >= 11 is 0. The summed E-state index contributed by atoms with van der Waals surface area (Å²) in [4.78, 5) is 0. The van der Waals surface area contributed by atoms with Gasteiger partial charge in [-0.05, 0) is 37.8 Å². The van der Waals surface area contributed by atoms with Crippen molar-refractivity contribution in [3.8, 4) is 0 Å². The van der Waals surface area contributed by atoms with Gasteiger partial charge in [0.2, 0.25) is 0 Å². The Labute approximate surface area is 70.6 Å². The van der Waals surface area contributed by atoms with E-state index in [0.29, 0.717) is 0 Å². The molecule has 1 saturated carbocycles. The lowest BCUT2D eigenvalue weighted by molar-refractivity contribution is 0.458. The largest absolute Gasteiger partial charge is 0.317 e. The van der Waals surface area contributed by atoms with Crippen LogP contribution >= 0.6 is 0 Å². The van der Waals surface area contributed by atoms with E-state index < -0.39 is 0 Å². The zero-order valence-electron chi connectivity index (χ0n) is 7.90. The Morgan fingerprint density at radius 2 is 1.91 bits per heavy atom. The van der Waals surface area contributed by atoms with Crippen LogP contribution in [0, 0.1) is 11.8 Å². The fourth-order valence-electron chi connectivity index (χ4n) is 2.08. The summed E-state index contributed by atoms with van der Waals surface area (Å²) in [7, 11) is 0. The average molecular weight is 155 g/mol. The Kier molecular flexibility index (Phi) is 3.92. The molecule has 0 amide bonds. The van der Waals surface area contributed by atoms with Gasteiger partial charge in [-0.3, -0.25) is 0 Å². The second kappa shape index (κ2) is 4.76. The second-order valence-electron chi connectivity index (χ2n) is 3.76. The van der Waals surface area contributed by atoms with E-state index in [9.17, 15) is 0 Å². The molecule has 1 aliphatic carbocycles. The molecule has 1 rings (SSSR count). The smallest absolute Gasteiger partial charge is 0.00205 e. The van der Waals surface area contributed by atoms with Gasteiger partial charge in [-0.15, -0.1) is 0 Å². The number of nitrogens with one attached hydrogen (secondary N) is 1. The van der Waals surface area contributed by atoms with Gasteiger partial charge in [0.05, 0.1) is 0 Å². The molecule has 0 bridgehead atoms. The fraction of sp³-hybridized carbons (Fsp3) is 1.00. The van der Waals surface area contributed by atoms with E-state index in [1.54, 1.807) is 0 Å². The van der Waals surface area contributed by atoms with Crippen molar-refractivity contribution < 1.29 is 0 Å². The minimum atomic E-state index is 0.986. The average Bonchev–Trinajstić information content (AvgIpc) is 2.48. The highest BCUT2D eigenvalue weighted by molar-refractivity contribution is 4.75. The van der Waals surface area contributed by atoms with Gasteiger partial charge in [0.15, 0.2) is 0 Å².